The topological polar surface area (TPSA) is 21.3 Å². The maximum absolute atomic E-state index is 13.8. The molecule has 0 amide bonds. The zero-order valence-corrected chi connectivity index (χ0v) is 13.9. The van der Waals surface area contributed by atoms with Crippen LogP contribution in [0.2, 0.25) is 10.0 Å². The predicted octanol–water partition coefficient (Wildman–Crippen LogP) is 4.89. The van der Waals surface area contributed by atoms with E-state index in [4.69, 9.17) is 27.9 Å². The minimum Gasteiger partial charge on any atom is -0.482 e. The van der Waals surface area contributed by atoms with E-state index < -0.39 is 0 Å². The van der Waals surface area contributed by atoms with Gasteiger partial charge in [-0.15, -0.1) is 12.4 Å². The summed E-state index contributed by atoms with van der Waals surface area (Å²) in [6.07, 6.45) is -0.252. The lowest BCUT2D eigenvalue weighted by molar-refractivity contribution is 0.0950. The molecule has 3 rings (SSSR count). The number of hydrogen-bond donors (Lipinski definition) is 1. The second-order valence-electron chi connectivity index (χ2n) is 5.06. The van der Waals surface area contributed by atoms with Crippen molar-refractivity contribution in [3.63, 3.8) is 0 Å². The number of benzene rings is 2. The molecule has 1 N–H and O–H groups in total. The first-order valence-corrected chi connectivity index (χ1v) is 7.47. The minimum atomic E-state index is -0.366. The third-order valence-corrected chi connectivity index (χ3v) is 4.34. The first kappa shape index (κ1) is 17.4. The van der Waals surface area contributed by atoms with Gasteiger partial charge in [0.2, 0.25) is 0 Å². The Bertz CT molecular complexity index is 649. The highest BCUT2D eigenvalue weighted by Gasteiger charge is 2.31. The zero-order valence-electron chi connectivity index (χ0n) is 11.6. The fourth-order valence-corrected chi connectivity index (χ4v) is 2.63. The standard InChI is InChI=1S/C16H14Cl2FNO.ClH/c17-12-6-5-10(7-13(12)18)16(11-8-20-9-11)21-15-4-2-1-3-14(15)19;/h1-7,11,16,20H,8-9H2;1H. The summed E-state index contributed by atoms with van der Waals surface area (Å²) in [7, 11) is 0. The molecule has 1 fully saturated rings. The van der Waals surface area contributed by atoms with E-state index in [1.54, 1.807) is 30.3 Å². The van der Waals surface area contributed by atoms with E-state index in [-0.39, 0.29) is 36.0 Å². The maximum Gasteiger partial charge on any atom is 0.165 e. The van der Waals surface area contributed by atoms with Crippen LogP contribution in [0.3, 0.4) is 0 Å². The number of nitrogens with one attached hydrogen (secondary N) is 1. The Kier molecular flexibility index (Phi) is 5.93. The molecule has 1 heterocycles. The molecule has 1 aliphatic rings. The largest absolute Gasteiger partial charge is 0.482 e. The van der Waals surface area contributed by atoms with Crippen molar-refractivity contribution in [3.05, 3.63) is 63.9 Å². The highest BCUT2D eigenvalue weighted by atomic mass is 35.5. The zero-order chi connectivity index (χ0) is 14.8. The number of hydrogen-bond acceptors (Lipinski definition) is 2. The SMILES string of the molecule is Cl.Fc1ccccc1OC(c1ccc(Cl)c(Cl)c1)C1CNC1. The van der Waals surface area contributed by atoms with Crippen LogP contribution in [0.25, 0.3) is 0 Å². The fourth-order valence-electron chi connectivity index (χ4n) is 2.33. The van der Waals surface area contributed by atoms with Crippen LogP contribution in [0.15, 0.2) is 42.5 Å². The average molecular weight is 363 g/mol. The van der Waals surface area contributed by atoms with Gasteiger partial charge in [-0.2, -0.15) is 0 Å². The Balaban J connectivity index is 0.00000176. The van der Waals surface area contributed by atoms with Gasteiger partial charge in [0.1, 0.15) is 6.10 Å². The third kappa shape index (κ3) is 3.66. The van der Waals surface area contributed by atoms with Crippen LogP contribution in [0.5, 0.6) is 5.75 Å². The Hall–Kier alpha value is -1.000. The van der Waals surface area contributed by atoms with Crippen LogP contribution in [0, 0.1) is 11.7 Å². The normalized spacial score (nSPS) is 15.6. The molecule has 2 aromatic rings. The van der Waals surface area contributed by atoms with Gasteiger partial charge in [-0.25, -0.2) is 4.39 Å². The van der Waals surface area contributed by atoms with Crippen molar-refractivity contribution >= 4 is 35.6 Å². The molecule has 2 nitrogen and oxygen atoms in total. The van der Waals surface area contributed by atoms with Crippen LogP contribution in [0.1, 0.15) is 11.7 Å². The van der Waals surface area contributed by atoms with Crippen molar-refractivity contribution < 1.29 is 9.13 Å². The lowest BCUT2D eigenvalue weighted by Gasteiger charge is -2.35. The van der Waals surface area contributed by atoms with E-state index in [2.05, 4.69) is 5.32 Å². The van der Waals surface area contributed by atoms with Crippen molar-refractivity contribution in [2.45, 2.75) is 6.10 Å². The van der Waals surface area contributed by atoms with E-state index in [0.717, 1.165) is 18.7 Å². The Morgan fingerprint density at radius 1 is 1.09 bits per heavy atom. The molecule has 0 aliphatic carbocycles. The molecule has 0 aromatic heterocycles. The van der Waals surface area contributed by atoms with Crippen LogP contribution >= 0.6 is 35.6 Å². The van der Waals surface area contributed by atoms with Crippen LogP contribution in [-0.2, 0) is 0 Å². The van der Waals surface area contributed by atoms with Crippen molar-refractivity contribution in [2.75, 3.05) is 13.1 Å². The Labute approximate surface area is 145 Å². The molecule has 1 unspecified atom stereocenters. The molecule has 22 heavy (non-hydrogen) atoms. The summed E-state index contributed by atoms with van der Waals surface area (Å²) in [5.41, 5.74) is 0.902. The first-order chi connectivity index (χ1) is 10.1. The molecule has 118 valence electrons. The van der Waals surface area contributed by atoms with E-state index in [1.807, 2.05) is 6.07 Å². The van der Waals surface area contributed by atoms with E-state index in [0.29, 0.717) is 10.0 Å². The van der Waals surface area contributed by atoms with Crippen molar-refractivity contribution in [1.82, 2.24) is 5.32 Å². The Morgan fingerprint density at radius 2 is 1.82 bits per heavy atom. The van der Waals surface area contributed by atoms with Gasteiger partial charge >= 0.3 is 0 Å². The minimum absolute atomic E-state index is 0. The second-order valence-corrected chi connectivity index (χ2v) is 5.88. The molecule has 0 spiro atoms. The highest BCUT2D eigenvalue weighted by Crippen LogP contribution is 2.34. The summed E-state index contributed by atoms with van der Waals surface area (Å²) in [4.78, 5) is 0. The monoisotopic (exact) mass is 361 g/mol. The number of ether oxygens (including phenoxy) is 1. The van der Waals surface area contributed by atoms with Crippen LogP contribution in [-0.4, -0.2) is 13.1 Å². The third-order valence-electron chi connectivity index (χ3n) is 3.60. The summed E-state index contributed by atoms with van der Waals surface area (Å²) in [6, 6.07) is 11.8. The molecule has 0 bridgehead atoms. The summed E-state index contributed by atoms with van der Waals surface area (Å²) < 4.78 is 19.7. The van der Waals surface area contributed by atoms with Gasteiger partial charge in [0.05, 0.1) is 10.0 Å². The maximum atomic E-state index is 13.8. The number of rotatable bonds is 4. The molecule has 6 heteroatoms. The van der Waals surface area contributed by atoms with E-state index in [9.17, 15) is 4.39 Å². The molecule has 1 saturated heterocycles. The summed E-state index contributed by atoms with van der Waals surface area (Å²) in [6.45, 7) is 1.67. The molecular formula is C16H15Cl3FNO. The van der Waals surface area contributed by atoms with Gasteiger partial charge < -0.3 is 10.1 Å². The van der Waals surface area contributed by atoms with Crippen LogP contribution < -0.4 is 10.1 Å². The van der Waals surface area contributed by atoms with E-state index >= 15 is 0 Å². The molecule has 0 saturated carbocycles. The van der Waals surface area contributed by atoms with Gasteiger partial charge in [0.15, 0.2) is 11.6 Å². The number of halogens is 4. The summed E-state index contributed by atoms with van der Waals surface area (Å²) in [5, 5.41) is 4.18. The van der Waals surface area contributed by atoms with Crippen molar-refractivity contribution in [2.24, 2.45) is 5.92 Å². The van der Waals surface area contributed by atoms with E-state index in [1.165, 1.54) is 6.07 Å². The molecular weight excluding hydrogens is 348 g/mol. The number of para-hydroxylation sites is 1. The van der Waals surface area contributed by atoms with Gasteiger partial charge in [-0.3, -0.25) is 0 Å². The molecule has 2 aromatic carbocycles. The second kappa shape index (κ2) is 7.51. The molecule has 1 atom stereocenters. The smallest absolute Gasteiger partial charge is 0.165 e. The van der Waals surface area contributed by atoms with Crippen molar-refractivity contribution in [1.29, 1.82) is 0 Å². The molecule has 1 aliphatic heterocycles. The lowest BCUT2D eigenvalue weighted by Crippen LogP contribution is -2.46. The fraction of sp³-hybridized carbons (Fsp3) is 0.250. The first-order valence-electron chi connectivity index (χ1n) is 6.72. The highest BCUT2D eigenvalue weighted by molar-refractivity contribution is 6.42. The van der Waals surface area contributed by atoms with Crippen molar-refractivity contribution in [3.8, 4) is 5.75 Å². The van der Waals surface area contributed by atoms with Gasteiger partial charge in [0, 0.05) is 19.0 Å². The molecule has 0 radical (unpaired) electrons. The van der Waals surface area contributed by atoms with Crippen LogP contribution in [0.4, 0.5) is 4.39 Å². The van der Waals surface area contributed by atoms with Gasteiger partial charge in [-0.1, -0.05) is 41.4 Å². The predicted molar refractivity (Wildman–Crippen MR) is 89.8 cm³/mol. The lowest BCUT2D eigenvalue weighted by atomic mass is 9.91. The van der Waals surface area contributed by atoms with Gasteiger partial charge in [0.25, 0.3) is 0 Å². The summed E-state index contributed by atoms with van der Waals surface area (Å²) in [5.74, 6) is 0.164. The quantitative estimate of drug-likeness (QED) is 0.836. The summed E-state index contributed by atoms with van der Waals surface area (Å²) >= 11 is 12.0. The Morgan fingerprint density at radius 3 is 2.41 bits per heavy atom. The average Bonchev–Trinajstić information content (AvgIpc) is 2.41. The van der Waals surface area contributed by atoms with Gasteiger partial charge in [-0.05, 0) is 29.8 Å².